The standard InChI is InChI=1S/C19H20FN5O3S/c1-29(26,27)14-2-3-17(16(20)10-14)25-9-6-15-18(25)22-12-23-19(15)28-13-4-7-24(11-21)8-5-13/h2-3,10,12-13H,4-9H2,1H3. The Balaban J connectivity index is 1.57. The number of likely N-dealkylation sites (tertiary alicyclic amines) is 1. The highest BCUT2D eigenvalue weighted by Crippen LogP contribution is 2.38. The molecule has 0 unspecified atom stereocenters. The quantitative estimate of drug-likeness (QED) is 0.697. The zero-order chi connectivity index (χ0) is 20.6. The number of sulfone groups is 1. The molecule has 29 heavy (non-hydrogen) atoms. The predicted octanol–water partition coefficient (Wildman–Crippen LogP) is 2.04. The molecule has 0 spiro atoms. The van der Waals surface area contributed by atoms with Gasteiger partial charge in [0.1, 0.15) is 24.1 Å². The first-order valence-electron chi connectivity index (χ1n) is 9.29. The minimum absolute atomic E-state index is 0.0292. The van der Waals surface area contributed by atoms with Crippen LogP contribution in [0, 0.1) is 17.3 Å². The van der Waals surface area contributed by atoms with Crippen LogP contribution in [0.2, 0.25) is 0 Å². The Kier molecular flexibility index (Phi) is 5.00. The normalized spacial score (nSPS) is 17.1. The lowest BCUT2D eigenvalue weighted by atomic mass is 10.1. The van der Waals surface area contributed by atoms with Gasteiger partial charge in [0.2, 0.25) is 5.88 Å². The summed E-state index contributed by atoms with van der Waals surface area (Å²) in [5.41, 5.74) is 1.07. The summed E-state index contributed by atoms with van der Waals surface area (Å²) in [5, 5.41) is 8.96. The van der Waals surface area contributed by atoms with Gasteiger partial charge in [-0.15, -0.1) is 0 Å². The highest BCUT2D eigenvalue weighted by molar-refractivity contribution is 7.90. The van der Waals surface area contributed by atoms with E-state index >= 15 is 0 Å². The van der Waals surface area contributed by atoms with Crippen molar-refractivity contribution in [1.82, 2.24) is 14.9 Å². The lowest BCUT2D eigenvalue weighted by Gasteiger charge is -2.28. The number of nitriles is 1. The van der Waals surface area contributed by atoms with Crippen molar-refractivity contribution in [2.45, 2.75) is 30.3 Å². The molecule has 2 aliphatic rings. The Labute approximate surface area is 168 Å². The van der Waals surface area contributed by atoms with E-state index in [9.17, 15) is 12.8 Å². The number of nitrogens with zero attached hydrogens (tertiary/aromatic N) is 5. The van der Waals surface area contributed by atoms with E-state index in [1.54, 1.807) is 9.80 Å². The first-order valence-corrected chi connectivity index (χ1v) is 11.2. The molecule has 0 saturated carbocycles. The molecule has 4 rings (SSSR count). The second-order valence-electron chi connectivity index (χ2n) is 7.17. The van der Waals surface area contributed by atoms with Crippen LogP contribution in [-0.2, 0) is 16.3 Å². The number of benzene rings is 1. The van der Waals surface area contributed by atoms with Gasteiger partial charge in [0, 0.05) is 38.7 Å². The Morgan fingerprint density at radius 2 is 2.00 bits per heavy atom. The predicted molar refractivity (Wildman–Crippen MR) is 103 cm³/mol. The van der Waals surface area contributed by atoms with Gasteiger partial charge in [0.05, 0.1) is 16.1 Å². The third-order valence-corrected chi connectivity index (χ3v) is 6.33. The molecule has 2 aromatic rings. The molecule has 10 heteroatoms. The summed E-state index contributed by atoms with van der Waals surface area (Å²) in [6.45, 7) is 1.79. The average molecular weight is 417 g/mol. The molecule has 0 radical (unpaired) electrons. The average Bonchev–Trinajstić information content (AvgIpc) is 3.13. The summed E-state index contributed by atoms with van der Waals surface area (Å²) < 4.78 is 44.0. The second kappa shape index (κ2) is 7.48. The molecule has 2 aliphatic heterocycles. The molecule has 1 aromatic heterocycles. The molecule has 0 aliphatic carbocycles. The van der Waals surface area contributed by atoms with Crippen LogP contribution in [0.1, 0.15) is 18.4 Å². The van der Waals surface area contributed by atoms with Crippen molar-refractivity contribution in [3.63, 3.8) is 0 Å². The third kappa shape index (κ3) is 3.82. The molecular weight excluding hydrogens is 397 g/mol. The van der Waals surface area contributed by atoms with E-state index < -0.39 is 15.7 Å². The van der Waals surface area contributed by atoms with Crippen LogP contribution in [0.5, 0.6) is 5.88 Å². The van der Waals surface area contributed by atoms with Crippen LogP contribution in [-0.4, -0.2) is 55.3 Å². The maximum Gasteiger partial charge on any atom is 0.222 e. The molecule has 1 saturated heterocycles. The summed E-state index contributed by atoms with van der Waals surface area (Å²) in [6.07, 6.45) is 6.61. The number of hydrogen-bond acceptors (Lipinski definition) is 8. The van der Waals surface area contributed by atoms with E-state index in [0.29, 0.717) is 37.8 Å². The molecule has 0 bridgehead atoms. The van der Waals surface area contributed by atoms with Crippen molar-refractivity contribution < 1.29 is 17.5 Å². The fourth-order valence-corrected chi connectivity index (χ4v) is 4.31. The SMILES string of the molecule is CS(=O)(=O)c1ccc(N2CCc3c(OC4CCN(C#N)CC4)ncnc32)c(F)c1. The monoisotopic (exact) mass is 417 g/mol. The first-order chi connectivity index (χ1) is 13.9. The zero-order valence-corrected chi connectivity index (χ0v) is 16.7. The van der Waals surface area contributed by atoms with Crippen molar-refractivity contribution in [3.05, 3.63) is 35.9 Å². The molecule has 0 amide bonds. The van der Waals surface area contributed by atoms with Gasteiger partial charge in [0.15, 0.2) is 16.0 Å². The number of rotatable bonds is 4. The van der Waals surface area contributed by atoms with Crippen molar-refractivity contribution in [2.75, 3.05) is 30.8 Å². The summed E-state index contributed by atoms with van der Waals surface area (Å²) in [4.78, 5) is 11.9. The van der Waals surface area contributed by atoms with Crippen LogP contribution in [0.4, 0.5) is 15.9 Å². The number of piperidine rings is 1. The van der Waals surface area contributed by atoms with Crippen molar-refractivity contribution in [2.24, 2.45) is 0 Å². The lowest BCUT2D eigenvalue weighted by molar-refractivity contribution is 0.120. The van der Waals surface area contributed by atoms with E-state index in [1.165, 1.54) is 18.5 Å². The molecule has 1 aromatic carbocycles. The second-order valence-corrected chi connectivity index (χ2v) is 9.19. The summed E-state index contributed by atoms with van der Waals surface area (Å²) in [5.74, 6) is 0.433. The van der Waals surface area contributed by atoms with Gasteiger partial charge in [-0.3, -0.25) is 0 Å². The number of ether oxygens (including phenoxy) is 1. The molecule has 1 fully saturated rings. The molecular formula is C19H20FN5O3S. The summed E-state index contributed by atoms with van der Waals surface area (Å²) >= 11 is 0. The Hall–Kier alpha value is -2.93. The number of anilines is 2. The van der Waals surface area contributed by atoms with Gasteiger partial charge in [-0.25, -0.2) is 22.8 Å². The molecule has 3 heterocycles. The van der Waals surface area contributed by atoms with E-state index in [2.05, 4.69) is 16.2 Å². The van der Waals surface area contributed by atoms with Gasteiger partial charge in [-0.05, 0) is 24.6 Å². The third-order valence-electron chi connectivity index (χ3n) is 5.22. The van der Waals surface area contributed by atoms with E-state index in [1.807, 2.05) is 0 Å². The summed E-state index contributed by atoms with van der Waals surface area (Å²) in [7, 11) is -3.48. The highest BCUT2D eigenvalue weighted by Gasteiger charge is 2.30. The minimum Gasteiger partial charge on any atom is -0.474 e. The Morgan fingerprint density at radius 1 is 1.24 bits per heavy atom. The summed E-state index contributed by atoms with van der Waals surface area (Å²) in [6, 6.07) is 3.89. The Bertz CT molecular complexity index is 1080. The van der Waals surface area contributed by atoms with Crippen LogP contribution in [0.3, 0.4) is 0 Å². The molecule has 8 nitrogen and oxygen atoms in total. The minimum atomic E-state index is -3.48. The highest BCUT2D eigenvalue weighted by atomic mass is 32.2. The van der Waals surface area contributed by atoms with Gasteiger partial charge >= 0.3 is 0 Å². The fraction of sp³-hybridized carbons (Fsp3) is 0.421. The smallest absolute Gasteiger partial charge is 0.222 e. The van der Waals surface area contributed by atoms with Crippen molar-refractivity contribution in [1.29, 1.82) is 5.26 Å². The lowest BCUT2D eigenvalue weighted by Crippen LogP contribution is -2.35. The van der Waals surface area contributed by atoms with Crippen molar-refractivity contribution >= 4 is 21.3 Å². The van der Waals surface area contributed by atoms with E-state index in [-0.39, 0.29) is 16.7 Å². The number of aromatic nitrogens is 2. The zero-order valence-electron chi connectivity index (χ0n) is 15.9. The van der Waals surface area contributed by atoms with Crippen LogP contribution < -0.4 is 9.64 Å². The van der Waals surface area contributed by atoms with Crippen molar-refractivity contribution in [3.8, 4) is 12.1 Å². The van der Waals surface area contributed by atoms with Crippen LogP contribution >= 0.6 is 0 Å². The first kappa shape index (κ1) is 19.4. The molecule has 0 N–H and O–H groups in total. The van der Waals surface area contributed by atoms with Crippen LogP contribution in [0.25, 0.3) is 0 Å². The maximum absolute atomic E-state index is 14.7. The van der Waals surface area contributed by atoms with Gasteiger partial charge in [-0.2, -0.15) is 5.26 Å². The number of fused-ring (bicyclic) bond motifs is 1. The van der Waals surface area contributed by atoms with Gasteiger partial charge in [-0.1, -0.05) is 0 Å². The maximum atomic E-state index is 14.7. The Morgan fingerprint density at radius 3 is 2.66 bits per heavy atom. The number of hydrogen-bond donors (Lipinski definition) is 0. The largest absolute Gasteiger partial charge is 0.474 e. The van der Waals surface area contributed by atoms with E-state index in [0.717, 1.165) is 30.7 Å². The topological polar surface area (TPSA) is 99.4 Å². The van der Waals surface area contributed by atoms with Gasteiger partial charge in [0.25, 0.3) is 0 Å². The van der Waals surface area contributed by atoms with E-state index in [4.69, 9.17) is 10.00 Å². The van der Waals surface area contributed by atoms with Gasteiger partial charge < -0.3 is 14.5 Å². The molecule has 152 valence electrons. The molecule has 0 atom stereocenters. The fourth-order valence-electron chi connectivity index (χ4n) is 3.67. The number of halogens is 1. The van der Waals surface area contributed by atoms with Crippen LogP contribution in [0.15, 0.2) is 29.4 Å².